The zero-order valence-electron chi connectivity index (χ0n) is 31.2. The van der Waals surface area contributed by atoms with E-state index in [4.69, 9.17) is 18.8 Å². The van der Waals surface area contributed by atoms with Gasteiger partial charge in [0.1, 0.15) is 22.3 Å². The second kappa shape index (κ2) is 12.9. The minimum atomic E-state index is 0.643. The normalized spacial score (nSPS) is 11.8. The summed E-state index contributed by atoms with van der Waals surface area (Å²) in [6.07, 6.45) is 0. The van der Waals surface area contributed by atoms with E-state index in [2.05, 4.69) is 158 Å². The van der Waals surface area contributed by atoms with Gasteiger partial charge in [-0.1, -0.05) is 140 Å². The minimum absolute atomic E-state index is 0.643. The van der Waals surface area contributed by atoms with Gasteiger partial charge in [0.2, 0.25) is 0 Å². The topological polar surface area (TPSA) is 52.1 Å². The standard InChI is InChI=1S/C54H32N2O2/c1-2-13-34-28-36(27-26-33(34)12-1)35-15-9-16-38(29-35)46-32-47(42-21-11-25-51-53(42)44-19-6-8-23-49(44)58-51)56-54(55-46)39-30-37-14-3-4-17-40(37)45(31-39)41-20-10-24-50-52(41)43-18-5-7-22-48(43)57-50/h1-32H. The van der Waals surface area contributed by atoms with E-state index >= 15 is 0 Å². The van der Waals surface area contributed by atoms with Crippen molar-refractivity contribution < 1.29 is 8.83 Å². The van der Waals surface area contributed by atoms with Crippen LogP contribution in [-0.4, -0.2) is 9.97 Å². The number of para-hydroxylation sites is 2. The molecule has 58 heavy (non-hydrogen) atoms. The van der Waals surface area contributed by atoms with Gasteiger partial charge in [-0.05, 0) is 98.4 Å². The largest absolute Gasteiger partial charge is 0.456 e. The lowest BCUT2D eigenvalue weighted by molar-refractivity contribution is 0.668. The molecule has 4 heteroatoms. The van der Waals surface area contributed by atoms with Crippen molar-refractivity contribution in [3.63, 3.8) is 0 Å². The van der Waals surface area contributed by atoms with Crippen molar-refractivity contribution in [3.05, 3.63) is 194 Å². The smallest absolute Gasteiger partial charge is 0.160 e. The molecule has 4 nitrogen and oxygen atoms in total. The molecule has 0 aliphatic rings. The van der Waals surface area contributed by atoms with Crippen molar-refractivity contribution in [2.45, 2.75) is 0 Å². The molecule has 0 atom stereocenters. The third kappa shape index (κ3) is 5.23. The van der Waals surface area contributed by atoms with Gasteiger partial charge in [0.25, 0.3) is 0 Å². The first kappa shape index (κ1) is 32.4. The number of rotatable bonds is 5. The Hall–Kier alpha value is -7.82. The van der Waals surface area contributed by atoms with Gasteiger partial charge < -0.3 is 8.83 Å². The Balaban J connectivity index is 1.11. The number of aromatic nitrogens is 2. The van der Waals surface area contributed by atoms with Crippen LogP contribution in [0.1, 0.15) is 0 Å². The maximum absolute atomic E-state index is 6.36. The Morgan fingerprint density at radius 1 is 0.293 bits per heavy atom. The molecule has 0 amide bonds. The fourth-order valence-electron chi connectivity index (χ4n) is 8.74. The molecule has 0 spiro atoms. The quantitative estimate of drug-likeness (QED) is 0.176. The number of hydrogen-bond donors (Lipinski definition) is 0. The van der Waals surface area contributed by atoms with Crippen LogP contribution in [0.2, 0.25) is 0 Å². The molecular formula is C54H32N2O2. The van der Waals surface area contributed by atoms with Crippen LogP contribution in [0.25, 0.3) is 122 Å². The van der Waals surface area contributed by atoms with Gasteiger partial charge in [0.15, 0.2) is 5.82 Å². The molecule has 3 heterocycles. The molecule has 0 fully saturated rings. The van der Waals surface area contributed by atoms with Crippen LogP contribution in [0.5, 0.6) is 0 Å². The third-order valence-corrected chi connectivity index (χ3v) is 11.5. The van der Waals surface area contributed by atoms with Crippen LogP contribution >= 0.6 is 0 Å². The van der Waals surface area contributed by atoms with Crippen LogP contribution in [-0.2, 0) is 0 Å². The molecule has 0 unspecified atom stereocenters. The second-order valence-electron chi connectivity index (χ2n) is 14.9. The summed E-state index contributed by atoms with van der Waals surface area (Å²) in [6.45, 7) is 0. The Morgan fingerprint density at radius 2 is 0.845 bits per heavy atom. The molecule has 0 bridgehead atoms. The van der Waals surface area contributed by atoms with Crippen LogP contribution < -0.4 is 0 Å². The average Bonchev–Trinajstić information content (AvgIpc) is 3.87. The Morgan fingerprint density at radius 3 is 1.62 bits per heavy atom. The van der Waals surface area contributed by atoms with Gasteiger partial charge in [0, 0.05) is 38.2 Å². The molecule has 0 saturated carbocycles. The van der Waals surface area contributed by atoms with Crippen molar-refractivity contribution in [2.24, 2.45) is 0 Å². The van der Waals surface area contributed by atoms with Crippen molar-refractivity contribution in [3.8, 4) is 56.2 Å². The number of fused-ring (bicyclic) bond motifs is 8. The van der Waals surface area contributed by atoms with E-state index in [-0.39, 0.29) is 0 Å². The van der Waals surface area contributed by atoms with Crippen LogP contribution in [0.3, 0.4) is 0 Å². The van der Waals surface area contributed by atoms with E-state index in [0.717, 1.165) is 105 Å². The number of benzene rings is 9. The molecule has 0 aliphatic heterocycles. The fourth-order valence-corrected chi connectivity index (χ4v) is 8.74. The first-order chi connectivity index (χ1) is 28.7. The highest BCUT2D eigenvalue weighted by molar-refractivity contribution is 6.16. The molecule has 12 rings (SSSR count). The number of nitrogens with zero attached hydrogens (tertiary/aromatic N) is 2. The molecule has 12 aromatic rings. The van der Waals surface area contributed by atoms with Gasteiger partial charge in [0.05, 0.1) is 11.4 Å². The summed E-state index contributed by atoms with van der Waals surface area (Å²) in [5.41, 5.74) is 12.5. The van der Waals surface area contributed by atoms with Crippen molar-refractivity contribution >= 4 is 65.4 Å². The van der Waals surface area contributed by atoms with Crippen LogP contribution in [0, 0.1) is 0 Å². The van der Waals surface area contributed by atoms with Gasteiger partial charge in [-0.15, -0.1) is 0 Å². The molecule has 0 saturated heterocycles. The van der Waals surface area contributed by atoms with E-state index in [9.17, 15) is 0 Å². The van der Waals surface area contributed by atoms with Crippen LogP contribution in [0.4, 0.5) is 0 Å². The number of furan rings is 2. The maximum Gasteiger partial charge on any atom is 0.160 e. The summed E-state index contributed by atoms with van der Waals surface area (Å²) in [4.78, 5) is 10.8. The molecular weight excluding hydrogens is 709 g/mol. The highest BCUT2D eigenvalue weighted by Crippen LogP contribution is 2.42. The summed E-state index contributed by atoms with van der Waals surface area (Å²) in [5.74, 6) is 0.643. The predicted octanol–water partition coefficient (Wildman–Crippen LogP) is 14.9. The molecule has 9 aromatic carbocycles. The monoisotopic (exact) mass is 740 g/mol. The Kier molecular flexibility index (Phi) is 7.20. The first-order valence-corrected chi connectivity index (χ1v) is 19.5. The minimum Gasteiger partial charge on any atom is -0.456 e. The molecule has 270 valence electrons. The summed E-state index contributed by atoms with van der Waals surface area (Å²) < 4.78 is 12.7. The average molecular weight is 741 g/mol. The third-order valence-electron chi connectivity index (χ3n) is 11.5. The lowest BCUT2D eigenvalue weighted by atomic mass is 9.92. The zero-order chi connectivity index (χ0) is 38.2. The lowest BCUT2D eigenvalue weighted by Crippen LogP contribution is -1.97. The summed E-state index contributed by atoms with van der Waals surface area (Å²) >= 11 is 0. The summed E-state index contributed by atoms with van der Waals surface area (Å²) in [6, 6.07) is 68.0. The highest BCUT2D eigenvalue weighted by atomic mass is 16.3. The molecule has 3 aromatic heterocycles. The second-order valence-corrected chi connectivity index (χ2v) is 14.9. The maximum atomic E-state index is 6.36. The van der Waals surface area contributed by atoms with E-state index in [1.54, 1.807) is 0 Å². The number of hydrogen-bond acceptors (Lipinski definition) is 4. The predicted molar refractivity (Wildman–Crippen MR) is 239 cm³/mol. The SMILES string of the molecule is c1cc(-c2ccc3ccccc3c2)cc(-c2cc(-c3cccc4oc5ccccc5c34)nc(-c3cc(-c4cccc5oc6ccccc6c45)c4ccccc4c3)n2)c1. The lowest BCUT2D eigenvalue weighted by Gasteiger charge is -2.14. The van der Waals surface area contributed by atoms with E-state index < -0.39 is 0 Å². The van der Waals surface area contributed by atoms with E-state index in [1.165, 1.54) is 10.8 Å². The Labute approximate surface area is 333 Å². The van der Waals surface area contributed by atoms with E-state index in [0.29, 0.717) is 5.82 Å². The fraction of sp³-hybridized carbons (Fsp3) is 0. The molecule has 0 N–H and O–H groups in total. The first-order valence-electron chi connectivity index (χ1n) is 19.5. The molecule has 0 radical (unpaired) electrons. The van der Waals surface area contributed by atoms with Gasteiger partial charge in [-0.2, -0.15) is 0 Å². The van der Waals surface area contributed by atoms with Crippen LogP contribution in [0.15, 0.2) is 203 Å². The van der Waals surface area contributed by atoms with Gasteiger partial charge >= 0.3 is 0 Å². The van der Waals surface area contributed by atoms with E-state index in [1.807, 2.05) is 36.4 Å². The Bertz CT molecular complexity index is 3590. The highest BCUT2D eigenvalue weighted by Gasteiger charge is 2.20. The zero-order valence-corrected chi connectivity index (χ0v) is 31.2. The van der Waals surface area contributed by atoms with Crippen molar-refractivity contribution in [2.75, 3.05) is 0 Å². The summed E-state index contributed by atoms with van der Waals surface area (Å²) in [5, 5.41) is 8.98. The summed E-state index contributed by atoms with van der Waals surface area (Å²) in [7, 11) is 0. The van der Waals surface area contributed by atoms with Crippen molar-refractivity contribution in [1.82, 2.24) is 9.97 Å². The van der Waals surface area contributed by atoms with Crippen molar-refractivity contribution in [1.29, 1.82) is 0 Å². The van der Waals surface area contributed by atoms with Gasteiger partial charge in [-0.25, -0.2) is 9.97 Å². The van der Waals surface area contributed by atoms with Gasteiger partial charge in [-0.3, -0.25) is 0 Å². The molecule has 0 aliphatic carbocycles.